The monoisotopic (exact) mass is 329 g/mol. The van der Waals surface area contributed by atoms with Crippen LogP contribution in [-0.4, -0.2) is 18.3 Å². The van der Waals surface area contributed by atoms with Crippen LogP contribution in [0.3, 0.4) is 0 Å². The number of hydrogen-bond donors (Lipinski definition) is 2. The molecule has 24 heavy (non-hydrogen) atoms. The Labute approximate surface area is 137 Å². The molecule has 1 saturated carbocycles. The van der Waals surface area contributed by atoms with Gasteiger partial charge in [-0.05, 0) is 30.9 Å². The molecule has 8 heteroatoms. The van der Waals surface area contributed by atoms with Gasteiger partial charge in [-0.25, -0.2) is 4.39 Å². The number of nitrogens with zero attached hydrogens (tertiary/aromatic N) is 1. The molecule has 0 spiro atoms. The number of carbonyl (C=O) groups excluding carboxylic acids is 1. The van der Waals surface area contributed by atoms with Crippen LogP contribution in [0.5, 0.6) is 0 Å². The third-order valence-electron chi connectivity index (χ3n) is 3.89. The first-order valence-corrected chi connectivity index (χ1v) is 7.41. The van der Waals surface area contributed by atoms with Gasteiger partial charge in [-0.1, -0.05) is 11.5 Å². The molecule has 1 aromatic heterocycles. The number of rotatable bonds is 5. The maximum Gasteiger partial charge on any atom is 0.288 e. The van der Waals surface area contributed by atoms with E-state index in [-0.39, 0.29) is 16.7 Å². The highest BCUT2D eigenvalue weighted by Gasteiger charge is 2.25. The predicted molar refractivity (Wildman–Crippen MR) is 87.0 cm³/mol. The molecule has 3 rings (SSSR count). The van der Waals surface area contributed by atoms with Crippen molar-refractivity contribution in [3.05, 3.63) is 51.9 Å². The van der Waals surface area contributed by atoms with E-state index in [0.29, 0.717) is 12.5 Å². The standard InChI is InChI=1S/C16H14BF2N3O2/c17-9-3-4-12(11(18)5-9)21-14-10(15(20)23)7-22(6-8-1-2-8)16(24)13(14)19/h3-5,7-8,21H,1-2,6H2,(H2,20,23). The first kappa shape index (κ1) is 16.2. The number of primary amides is 1. The average molecular weight is 329 g/mol. The summed E-state index contributed by atoms with van der Waals surface area (Å²) in [7, 11) is 5.46. The smallest absolute Gasteiger partial charge is 0.288 e. The van der Waals surface area contributed by atoms with Crippen molar-refractivity contribution in [1.82, 2.24) is 4.57 Å². The Morgan fingerprint density at radius 2 is 2.08 bits per heavy atom. The summed E-state index contributed by atoms with van der Waals surface area (Å²) in [4.78, 5) is 23.8. The van der Waals surface area contributed by atoms with E-state index in [9.17, 15) is 18.4 Å². The molecule has 1 fully saturated rings. The molecule has 0 saturated heterocycles. The first-order valence-electron chi connectivity index (χ1n) is 7.41. The number of anilines is 2. The highest BCUT2D eigenvalue weighted by Crippen LogP contribution is 2.31. The van der Waals surface area contributed by atoms with E-state index in [0.717, 1.165) is 23.5 Å². The molecule has 1 aliphatic rings. The molecule has 122 valence electrons. The van der Waals surface area contributed by atoms with Gasteiger partial charge >= 0.3 is 0 Å². The second-order valence-corrected chi connectivity index (χ2v) is 5.86. The molecule has 5 nitrogen and oxygen atoms in total. The maximum absolute atomic E-state index is 14.5. The minimum Gasteiger partial charge on any atom is -0.365 e. The van der Waals surface area contributed by atoms with Gasteiger partial charge < -0.3 is 15.6 Å². The molecule has 1 heterocycles. The van der Waals surface area contributed by atoms with Crippen molar-refractivity contribution >= 4 is 30.6 Å². The number of nitrogens with one attached hydrogen (secondary N) is 1. The number of benzene rings is 1. The summed E-state index contributed by atoms with van der Waals surface area (Å²) in [6, 6.07) is 3.73. The van der Waals surface area contributed by atoms with Crippen LogP contribution in [0.4, 0.5) is 20.2 Å². The fraction of sp³-hybridized carbons (Fsp3) is 0.250. The number of amides is 1. The fourth-order valence-electron chi connectivity index (χ4n) is 2.42. The summed E-state index contributed by atoms with van der Waals surface area (Å²) in [5.41, 5.74) is 3.81. The Balaban J connectivity index is 2.06. The quantitative estimate of drug-likeness (QED) is 0.809. The van der Waals surface area contributed by atoms with Crippen molar-refractivity contribution in [2.24, 2.45) is 11.7 Å². The highest BCUT2D eigenvalue weighted by atomic mass is 19.1. The molecule has 0 bridgehead atoms. The maximum atomic E-state index is 14.5. The van der Waals surface area contributed by atoms with Crippen LogP contribution in [0.25, 0.3) is 0 Å². The lowest BCUT2D eigenvalue weighted by Gasteiger charge is -2.15. The van der Waals surface area contributed by atoms with Crippen molar-refractivity contribution in [2.45, 2.75) is 19.4 Å². The SMILES string of the molecule is [B]c1ccc(Nc2c(C(N)=O)cn(CC3CC3)c(=O)c2F)c(F)c1. The van der Waals surface area contributed by atoms with Crippen LogP contribution in [0.1, 0.15) is 23.2 Å². The lowest BCUT2D eigenvalue weighted by Crippen LogP contribution is -2.28. The van der Waals surface area contributed by atoms with Gasteiger partial charge in [0.15, 0.2) is 0 Å². The van der Waals surface area contributed by atoms with Crippen LogP contribution in [0.15, 0.2) is 29.2 Å². The Hall–Kier alpha value is -2.64. The number of halogens is 2. The van der Waals surface area contributed by atoms with E-state index < -0.39 is 28.8 Å². The third kappa shape index (κ3) is 3.17. The topological polar surface area (TPSA) is 77.1 Å². The van der Waals surface area contributed by atoms with Crippen LogP contribution < -0.4 is 22.1 Å². The van der Waals surface area contributed by atoms with Crippen molar-refractivity contribution in [1.29, 1.82) is 0 Å². The minimum absolute atomic E-state index is 0.120. The van der Waals surface area contributed by atoms with Crippen LogP contribution in [0, 0.1) is 17.6 Å². The summed E-state index contributed by atoms with van der Waals surface area (Å²) in [6.07, 6.45) is 3.12. The van der Waals surface area contributed by atoms with Crippen molar-refractivity contribution < 1.29 is 13.6 Å². The molecule has 2 radical (unpaired) electrons. The molecule has 1 amide bonds. The summed E-state index contributed by atoms with van der Waals surface area (Å²) < 4.78 is 29.5. The van der Waals surface area contributed by atoms with E-state index in [1.165, 1.54) is 18.3 Å². The molecule has 2 aromatic rings. The van der Waals surface area contributed by atoms with E-state index in [2.05, 4.69) is 5.32 Å². The van der Waals surface area contributed by atoms with Crippen LogP contribution in [-0.2, 0) is 6.54 Å². The zero-order valence-electron chi connectivity index (χ0n) is 12.7. The van der Waals surface area contributed by atoms with Crippen molar-refractivity contribution in [3.8, 4) is 0 Å². The fourth-order valence-corrected chi connectivity index (χ4v) is 2.42. The van der Waals surface area contributed by atoms with Gasteiger partial charge in [-0.3, -0.25) is 9.59 Å². The first-order chi connectivity index (χ1) is 11.4. The largest absolute Gasteiger partial charge is 0.365 e. The second-order valence-electron chi connectivity index (χ2n) is 5.86. The molecule has 0 aliphatic heterocycles. The lowest BCUT2D eigenvalue weighted by molar-refractivity contribution is 0.0999. The Morgan fingerprint density at radius 3 is 2.67 bits per heavy atom. The Bertz CT molecular complexity index is 878. The number of aromatic nitrogens is 1. The lowest BCUT2D eigenvalue weighted by atomic mass is 9.96. The minimum atomic E-state index is -1.18. The Morgan fingerprint density at radius 1 is 1.38 bits per heavy atom. The van der Waals surface area contributed by atoms with Crippen LogP contribution >= 0.6 is 0 Å². The van der Waals surface area contributed by atoms with Gasteiger partial charge in [0.05, 0.1) is 16.9 Å². The van der Waals surface area contributed by atoms with Gasteiger partial charge in [0, 0.05) is 12.7 Å². The zero-order valence-corrected chi connectivity index (χ0v) is 12.7. The summed E-state index contributed by atoms with van der Waals surface area (Å²) >= 11 is 0. The summed E-state index contributed by atoms with van der Waals surface area (Å²) in [5.74, 6) is -2.54. The van der Waals surface area contributed by atoms with E-state index in [1.54, 1.807) is 0 Å². The zero-order chi connectivity index (χ0) is 17.4. The predicted octanol–water partition coefficient (Wildman–Crippen LogP) is 1.17. The Kier molecular flexibility index (Phi) is 4.13. The van der Waals surface area contributed by atoms with Gasteiger partial charge in [0.1, 0.15) is 13.7 Å². The molecule has 0 unspecified atom stereocenters. The summed E-state index contributed by atoms with van der Waals surface area (Å²) in [5, 5.41) is 2.43. The number of carbonyl (C=O) groups is 1. The molecular weight excluding hydrogens is 315 g/mol. The molecule has 0 atom stereocenters. The molecule has 1 aliphatic carbocycles. The van der Waals surface area contributed by atoms with Gasteiger partial charge in [0.25, 0.3) is 11.5 Å². The highest BCUT2D eigenvalue weighted by molar-refractivity contribution is 6.32. The second kappa shape index (κ2) is 6.11. The van der Waals surface area contributed by atoms with Gasteiger partial charge in [-0.2, -0.15) is 4.39 Å². The molecule has 3 N–H and O–H groups in total. The van der Waals surface area contributed by atoms with E-state index in [1.807, 2.05) is 0 Å². The molecule has 1 aromatic carbocycles. The van der Waals surface area contributed by atoms with Crippen molar-refractivity contribution in [2.75, 3.05) is 5.32 Å². The summed E-state index contributed by atoms with van der Waals surface area (Å²) in [6.45, 7) is 0.326. The normalized spacial score (nSPS) is 13.8. The van der Waals surface area contributed by atoms with E-state index in [4.69, 9.17) is 13.6 Å². The van der Waals surface area contributed by atoms with Crippen LogP contribution in [0.2, 0.25) is 0 Å². The van der Waals surface area contributed by atoms with Gasteiger partial charge in [-0.15, -0.1) is 0 Å². The van der Waals surface area contributed by atoms with Gasteiger partial charge in [0.2, 0.25) is 5.82 Å². The molecular formula is C16H14BF2N3O2. The number of pyridine rings is 1. The number of hydrogen-bond acceptors (Lipinski definition) is 3. The average Bonchev–Trinajstić information content (AvgIpc) is 3.32. The van der Waals surface area contributed by atoms with Crippen molar-refractivity contribution in [3.63, 3.8) is 0 Å². The van der Waals surface area contributed by atoms with E-state index >= 15 is 0 Å². The third-order valence-corrected chi connectivity index (χ3v) is 3.89. The number of nitrogens with two attached hydrogens (primary N) is 1.